The van der Waals surface area contributed by atoms with E-state index in [9.17, 15) is 14.4 Å². The zero-order valence-corrected chi connectivity index (χ0v) is 18.0. The summed E-state index contributed by atoms with van der Waals surface area (Å²) in [5.74, 6) is -0.413. The van der Waals surface area contributed by atoms with Gasteiger partial charge < -0.3 is 29.5 Å². The van der Waals surface area contributed by atoms with E-state index in [1.165, 1.54) is 7.11 Å². The number of carbonyl (C=O) groups is 3. The summed E-state index contributed by atoms with van der Waals surface area (Å²) < 4.78 is 10.3. The zero-order valence-electron chi connectivity index (χ0n) is 18.0. The molecule has 0 aromatic heterocycles. The molecule has 0 aliphatic carbocycles. The third kappa shape index (κ3) is 4.76. The number of esters is 1. The average molecular weight is 431 g/mol. The Hall–Kier alpha value is -2.81. The standard InChI is InChI=1S/C22H30N4O5/c1-30-21(28)16-6-7-18(24-8-2-3-9-24)17(15-16)23-22(29)26-12-10-25(11-13-26)20(27)19-5-4-14-31-19/h6-7,15,19H,2-5,8-14H2,1H3,(H,23,29)/t19-/m1/s1. The van der Waals surface area contributed by atoms with Gasteiger partial charge in [-0.3, -0.25) is 4.79 Å². The minimum atomic E-state index is -0.440. The van der Waals surface area contributed by atoms with Gasteiger partial charge in [0.1, 0.15) is 6.10 Å². The first-order valence-corrected chi connectivity index (χ1v) is 11.0. The number of ether oxygens (including phenoxy) is 2. The molecule has 9 heteroatoms. The molecule has 3 aliphatic rings. The summed E-state index contributed by atoms with van der Waals surface area (Å²) in [6.07, 6.45) is 3.57. The van der Waals surface area contributed by atoms with Gasteiger partial charge in [0.25, 0.3) is 5.91 Å². The zero-order chi connectivity index (χ0) is 21.8. The van der Waals surface area contributed by atoms with Gasteiger partial charge in [0.2, 0.25) is 0 Å². The van der Waals surface area contributed by atoms with E-state index in [1.54, 1.807) is 21.9 Å². The van der Waals surface area contributed by atoms with Gasteiger partial charge >= 0.3 is 12.0 Å². The van der Waals surface area contributed by atoms with Crippen LogP contribution >= 0.6 is 0 Å². The van der Waals surface area contributed by atoms with E-state index in [2.05, 4.69) is 10.2 Å². The number of amides is 3. The molecule has 0 radical (unpaired) electrons. The van der Waals surface area contributed by atoms with Crippen LogP contribution in [0.15, 0.2) is 18.2 Å². The number of anilines is 2. The van der Waals surface area contributed by atoms with Gasteiger partial charge in [-0.1, -0.05) is 0 Å². The highest BCUT2D eigenvalue weighted by Gasteiger charge is 2.31. The second kappa shape index (κ2) is 9.55. The molecule has 0 bridgehead atoms. The first-order valence-electron chi connectivity index (χ1n) is 11.0. The third-order valence-corrected chi connectivity index (χ3v) is 6.19. The number of nitrogens with one attached hydrogen (secondary N) is 1. The van der Waals surface area contributed by atoms with Crippen molar-refractivity contribution >= 4 is 29.3 Å². The van der Waals surface area contributed by atoms with Gasteiger partial charge in [-0.25, -0.2) is 9.59 Å². The maximum atomic E-state index is 13.0. The first kappa shape index (κ1) is 21.4. The van der Waals surface area contributed by atoms with Crippen molar-refractivity contribution in [1.82, 2.24) is 9.80 Å². The quantitative estimate of drug-likeness (QED) is 0.734. The van der Waals surface area contributed by atoms with Crippen LogP contribution in [0.5, 0.6) is 0 Å². The summed E-state index contributed by atoms with van der Waals surface area (Å²) in [6, 6.07) is 5.04. The van der Waals surface area contributed by atoms with Gasteiger partial charge in [-0.05, 0) is 43.9 Å². The largest absolute Gasteiger partial charge is 0.465 e. The smallest absolute Gasteiger partial charge is 0.337 e. The molecule has 0 saturated carbocycles. The van der Waals surface area contributed by atoms with Crippen molar-refractivity contribution in [1.29, 1.82) is 0 Å². The van der Waals surface area contributed by atoms with E-state index >= 15 is 0 Å². The summed E-state index contributed by atoms with van der Waals surface area (Å²) in [5.41, 5.74) is 1.91. The molecular formula is C22H30N4O5. The van der Waals surface area contributed by atoms with Crippen LogP contribution in [0, 0.1) is 0 Å². The van der Waals surface area contributed by atoms with Crippen LogP contribution < -0.4 is 10.2 Å². The van der Waals surface area contributed by atoms with Gasteiger partial charge in [0.15, 0.2) is 0 Å². The van der Waals surface area contributed by atoms with Crippen LogP contribution in [0.4, 0.5) is 16.2 Å². The molecular weight excluding hydrogens is 400 g/mol. The Morgan fingerprint density at radius 3 is 2.35 bits per heavy atom. The predicted octanol–water partition coefficient (Wildman–Crippen LogP) is 1.93. The maximum absolute atomic E-state index is 13.0. The molecule has 1 aromatic carbocycles. The van der Waals surface area contributed by atoms with Crippen molar-refractivity contribution in [2.24, 2.45) is 0 Å². The fourth-order valence-corrected chi connectivity index (χ4v) is 4.42. The Balaban J connectivity index is 1.41. The van der Waals surface area contributed by atoms with Crippen molar-refractivity contribution in [3.63, 3.8) is 0 Å². The highest BCUT2D eigenvalue weighted by atomic mass is 16.5. The Labute approximate surface area is 182 Å². The van der Waals surface area contributed by atoms with E-state index in [0.717, 1.165) is 44.5 Å². The second-order valence-corrected chi connectivity index (χ2v) is 8.16. The lowest BCUT2D eigenvalue weighted by atomic mass is 10.1. The molecule has 0 unspecified atom stereocenters. The molecule has 4 rings (SSSR count). The lowest BCUT2D eigenvalue weighted by molar-refractivity contribution is -0.142. The van der Waals surface area contributed by atoms with E-state index in [4.69, 9.17) is 9.47 Å². The molecule has 3 fully saturated rings. The molecule has 0 spiro atoms. The monoisotopic (exact) mass is 430 g/mol. The number of methoxy groups -OCH3 is 1. The van der Waals surface area contributed by atoms with Crippen LogP contribution in [-0.4, -0.2) is 86.8 Å². The Bertz CT molecular complexity index is 825. The molecule has 3 heterocycles. The fourth-order valence-electron chi connectivity index (χ4n) is 4.42. The predicted molar refractivity (Wildman–Crippen MR) is 115 cm³/mol. The summed E-state index contributed by atoms with van der Waals surface area (Å²) >= 11 is 0. The van der Waals surface area contributed by atoms with Gasteiger partial charge in [0.05, 0.1) is 24.0 Å². The molecule has 1 aromatic rings. The van der Waals surface area contributed by atoms with Crippen molar-refractivity contribution < 1.29 is 23.9 Å². The summed E-state index contributed by atoms with van der Waals surface area (Å²) in [7, 11) is 1.34. The summed E-state index contributed by atoms with van der Waals surface area (Å²) in [5, 5.41) is 2.99. The summed E-state index contributed by atoms with van der Waals surface area (Å²) in [6.45, 7) is 4.39. The number of benzene rings is 1. The number of hydrogen-bond donors (Lipinski definition) is 1. The van der Waals surface area contributed by atoms with Crippen LogP contribution in [0.3, 0.4) is 0 Å². The van der Waals surface area contributed by atoms with Gasteiger partial charge in [0, 0.05) is 45.9 Å². The molecule has 1 atom stereocenters. The Morgan fingerprint density at radius 1 is 1.00 bits per heavy atom. The SMILES string of the molecule is COC(=O)c1ccc(N2CCCC2)c(NC(=O)N2CCN(C(=O)[C@H]3CCCO3)CC2)c1. The van der Waals surface area contributed by atoms with Crippen molar-refractivity contribution in [2.45, 2.75) is 31.8 Å². The molecule has 3 saturated heterocycles. The normalized spacial score (nSPS) is 21.3. The van der Waals surface area contributed by atoms with Crippen molar-refractivity contribution in [3.05, 3.63) is 23.8 Å². The minimum Gasteiger partial charge on any atom is -0.465 e. The van der Waals surface area contributed by atoms with Gasteiger partial charge in [-0.2, -0.15) is 0 Å². The van der Waals surface area contributed by atoms with Crippen LogP contribution in [0.25, 0.3) is 0 Å². The van der Waals surface area contributed by atoms with E-state index in [-0.39, 0.29) is 18.0 Å². The lowest BCUT2D eigenvalue weighted by Gasteiger charge is -2.36. The first-order chi connectivity index (χ1) is 15.1. The Morgan fingerprint density at radius 2 is 1.71 bits per heavy atom. The van der Waals surface area contributed by atoms with E-state index < -0.39 is 5.97 Å². The van der Waals surface area contributed by atoms with E-state index in [1.807, 2.05) is 6.07 Å². The highest BCUT2D eigenvalue weighted by Crippen LogP contribution is 2.30. The lowest BCUT2D eigenvalue weighted by Crippen LogP contribution is -2.53. The molecule has 168 valence electrons. The van der Waals surface area contributed by atoms with Crippen LogP contribution in [0.2, 0.25) is 0 Å². The molecule has 1 N–H and O–H groups in total. The fraction of sp³-hybridized carbons (Fsp3) is 0.591. The van der Waals surface area contributed by atoms with Crippen LogP contribution in [0.1, 0.15) is 36.0 Å². The number of nitrogens with zero attached hydrogens (tertiary/aromatic N) is 3. The molecule has 9 nitrogen and oxygen atoms in total. The van der Waals surface area contributed by atoms with Crippen LogP contribution in [-0.2, 0) is 14.3 Å². The number of urea groups is 1. The van der Waals surface area contributed by atoms with Gasteiger partial charge in [-0.15, -0.1) is 0 Å². The molecule has 3 amide bonds. The molecule has 3 aliphatic heterocycles. The highest BCUT2D eigenvalue weighted by molar-refractivity contribution is 5.97. The maximum Gasteiger partial charge on any atom is 0.337 e. The van der Waals surface area contributed by atoms with E-state index in [0.29, 0.717) is 44.0 Å². The number of hydrogen-bond acceptors (Lipinski definition) is 6. The number of piperazine rings is 1. The number of carbonyl (C=O) groups excluding carboxylic acids is 3. The number of rotatable bonds is 4. The molecule has 31 heavy (non-hydrogen) atoms. The topological polar surface area (TPSA) is 91.4 Å². The van der Waals surface area contributed by atoms with Crippen molar-refractivity contribution in [2.75, 3.05) is 63.2 Å². The van der Waals surface area contributed by atoms with Crippen molar-refractivity contribution in [3.8, 4) is 0 Å². The third-order valence-electron chi connectivity index (χ3n) is 6.19. The summed E-state index contributed by atoms with van der Waals surface area (Å²) in [4.78, 5) is 43.2. The second-order valence-electron chi connectivity index (χ2n) is 8.16. The average Bonchev–Trinajstić information content (AvgIpc) is 3.52. The Kier molecular flexibility index (Phi) is 6.60. The minimum absolute atomic E-state index is 0.0275.